The smallest absolute Gasteiger partial charge is 0.246 e. The van der Waals surface area contributed by atoms with Gasteiger partial charge in [0.15, 0.2) is 28.8 Å². The maximum Gasteiger partial charge on any atom is 0.246 e. The number of aliphatic hydroxyl groups excluding tert-OH is 6. The average Bonchev–Trinajstić information content (AvgIpc) is 0.784. The van der Waals surface area contributed by atoms with E-state index in [1.54, 1.807) is 13.8 Å². The fourth-order valence-electron chi connectivity index (χ4n) is 15.8. The number of rotatable bonds is 12. The summed E-state index contributed by atoms with van der Waals surface area (Å²) >= 11 is 14.1. The molecule has 27 nitrogen and oxygen atoms in total. The molecule has 0 spiro atoms. The van der Waals surface area contributed by atoms with E-state index in [1.165, 1.54) is 36.4 Å². The number of ketones is 3. The Labute approximate surface area is 582 Å². The van der Waals surface area contributed by atoms with Gasteiger partial charge in [-0.25, -0.2) is 0 Å². The molecule has 532 valence electrons. The monoisotopic (exact) mass is 1420 g/mol. The van der Waals surface area contributed by atoms with Gasteiger partial charge in [0.25, 0.3) is 0 Å². The first-order valence-electron chi connectivity index (χ1n) is 33.2. The summed E-state index contributed by atoms with van der Waals surface area (Å²) < 4.78 is 25.2. The van der Waals surface area contributed by atoms with Crippen LogP contribution in [0.1, 0.15) is 136 Å². The van der Waals surface area contributed by atoms with Crippen LogP contribution in [0.5, 0.6) is 46.0 Å². The lowest BCUT2D eigenvalue weighted by Gasteiger charge is -2.54. The Morgan fingerprint density at radius 1 is 0.660 bits per heavy atom. The standard InChI is InChI=1S/C71H78Cl2N6O21/c1-27(2)9-44(74)69(95)78-59-47(84)18-36(21-55(75)87)67(93)76-57-35-19-52(97-50-7-4-31(61(59)88)16-42(50)72)66(100-71-65(92)64(91)63(90)54(26-80)99-71)53(20-35)98-51-8-5-32(17-43(51)73)62(89)60-70(96)77-58(49(86)24-38-33-11-28-10-29(13-33)14-34(38)12-28)41-22-37(81)23-46(83)56(41)40-15-30(3-6-45(40)82)39(25-48(57)85)68(94)79-60/h3-8,15-17,19-20,22-23,27-29,33-34,36,38-39,44,54,57-65,71,80-83,88-92H,9-14,18,21,24-26,74H2,1-2H3,(H2,75,87)(H,76,93)(H,77,96)(H,78,95)(H,79,94)/t28?,29?,33?,34?,36-,38?,39+,44+,54?,57+,58-,59-,60-,61+,62+,63?,64?,65?,71?/m0/s1. The van der Waals surface area contributed by atoms with Crippen LogP contribution in [0.3, 0.4) is 0 Å². The second kappa shape index (κ2) is 28.9. The number of phenols is 3. The van der Waals surface area contributed by atoms with Gasteiger partial charge in [0.1, 0.15) is 89.5 Å². The van der Waals surface area contributed by atoms with E-state index >= 15 is 24.0 Å². The molecule has 5 aromatic carbocycles. The number of hydrogen-bond donors (Lipinski definition) is 15. The molecule has 5 amide bonds. The van der Waals surface area contributed by atoms with Crippen molar-refractivity contribution >= 4 is 70.1 Å². The van der Waals surface area contributed by atoms with Crippen molar-refractivity contribution < 1.29 is 103 Å². The van der Waals surface area contributed by atoms with E-state index in [2.05, 4.69) is 21.3 Å². The third-order valence-electron chi connectivity index (χ3n) is 20.6. The van der Waals surface area contributed by atoms with E-state index in [-0.39, 0.29) is 97.0 Å². The first-order chi connectivity index (χ1) is 47.5. The minimum atomic E-state index is -2.14. The predicted molar refractivity (Wildman–Crippen MR) is 353 cm³/mol. The number of amides is 5. The van der Waals surface area contributed by atoms with Gasteiger partial charge in [0.2, 0.25) is 41.6 Å². The molecule has 6 heterocycles. The van der Waals surface area contributed by atoms with Gasteiger partial charge in [-0.05, 0) is 156 Å². The Balaban J connectivity index is 1.06. The van der Waals surface area contributed by atoms with Crippen molar-refractivity contribution in [1.82, 2.24) is 21.3 Å². The lowest BCUT2D eigenvalue weighted by Crippen LogP contribution is -2.60. The zero-order valence-electron chi connectivity index (χ0n) is 54.2. The number of ether oxygens (including phenoxy) is 4. The molecule has 6 aliphatic heterocycles. The lowest BCUT2D eigenvalue weighted by atomic mass is 9.51. The summed E-state index contributed by atoms with van der Waals surface area (Å²) in [4.78, 5) is 120. The summed E-state index contributed by atoms with van der Waals surface area (Å²) in [6, 6.07) is 6.00. The average molecular weight is 1420 g/mol. The lowest BCUT2D eigenvalue weighted by molar-refractivity contribution is -0.277. The number of Topliss-reactive ketones (excluding diaryl/α,β-unsaturated/α-hetero) is 3. The normalized spacial score (nSPS) is 30.6. The molecule has 15 rings (SSSR count). The molecule has 100 heavy (non-hydrogen) atoms. The number of aliphatic hydroxyl groups is 6. The number of halogens is 2. The third kappa shape index (κ3) is 14.4. The molecule has 10 aliphatic rings. The largest absolute Gasteiger partial charge is 0.508 e. The Hall–Kier alpha value is -8.48. The molecule has 15 bridgehead atoms. The van der Waals surface area contributed by atoms with Crippen LogP contribution in [0.2, 0.25) is 10.0 Å². The van der Waals surface area contributed by atoms with Gasteiger partial charge in [-0.15, -0.1) is 0 Å². The maximum atomic E-state index is 16.1. The molecular weight excluding hydrogens is 1340 g/mol. The predicted octanol–water partition coefficient (Wildman–Crippen LogP) is 4.53. The highest BCUT2D eigenvalue weighted by molar-refractivity contribution is 6.32. The summed E-state index contributed by atoms with van der Waals surface area (Å²) in [6.07, 6.45) is -11.8. The van der Waals surface area contributed by atoms with Crippen molar-refractivity contribution in [2.24, 2.45) is 52.9 Å². The number of nitrogens with one attached hydrogen (secondary N) is 4. The van der Waals surface area contributed by atoms with Gasteiger partial charge in [0.05, 0.1) is 34.5 Å². The van der Waals surface area contributed by atoms with Crippen LogP contribution < -0.4 is 46.9 Å². The summed E-state index contributed by atoms with van der Waals surface area (Å²) in [5, 5.41) is 113. The first kappa shape index (κ1) is 71.3. The van der Waals surface area contributed by atoms with Crippen molar-refractivity contribution in [3.8, 4) is 57.1 Å². The zero-order chi connectivity index (χ0) is 71.6. The summed E-state index contributed by atoms with van der Waals surface area (Å²) in [5.41, 5.74) is 10.6. The minimum absolute atomic E-state index is 0.0544. The molecular formula is C71H78Cl2N6O21. The van der Waals surface area contributed by atoms with Gasteiger partial charge >= 0.3 is 0 Å². The topological polar surface area (TPSA) is 456 Å². The molecule has 5 fully saturated rings. The fraction of sp³-hybridized carbons (Fsp3) is 0.465. The van der Waals surface area contributed by atoms with Gasteiger partial charge in [0, 0.05) is 42.9 Å². The molecule has 14 atom stereocenters. The fourth-order valence-corrected chi connectivity index (χ4v) is 16.3. The third-order valence-corrected chi connectivity index (χ3v) is 21.2. The number of carbonyl (C=O) groups is 8. The second-order valence-corrected chi connectivity index (χ2v) is 28.8. The number of nitrogens with two attached hydrogens (primary N) is 2. The molecule has 4 saturated carbocycles. The first-order valence-corrected chi connectivity index (χ1v) is 34.0. The molecule has 29 heteroatoms. The second-order valence-electron chi connectivity index (χ2n) is 28.0. The van der Waals surface area contributed by atoms with Gasteiger partial charge in [-0.2, -0.15) is 0 Å². The summed E-state index contributed by atoms with van der Waals surface area (Å²) in [7, 11) is 0. The molecule has 5 unspecified atom stereocenters. The summed E-state index contributed by atoms with van der Waals surface area (Å²) in [6.45, 7) is 2.66. The van der Waals surface area contributed by atoms with E-state index < -0.39 is 192 Å². The Kier molecular flexibility index (Phi) is 20.6. The van der Waals surface area contributed by atoms with Crippen LogP contribution in [0.15, 0.2) is 78.9 Å². The molecule has 4 aliphatic carbocycles. The van der Waals surface area contributed by atoms with Crippen molar-refractivity contribution in [3.63, 3.8) is 0 Å². The quantitative estimate of drug-likeness (QED) is 0.0815. The van der Waals surface area contributed by atoms with E-state index in [4.69, 9.17) is 53.6 Å². The van der Waals surface area contributed by atoms with Gasteiger partial charge in [-0.1, -0.05) is 55.2 Å². The highest BCUT2D eigenvalue weighted by Crippen LogP contribution is 2.58. The summed E-state index contributed by atoms with van der Waals surface area (Å²) in [5.74, 6) is -14.9. The van der Waals surface area contributed by atoms with Crippen molar-refractivity contribution in [2.75, 3.05) is 6.61 Å². The molecule has 17 N–H and O–H groups in total. The maximum absolute atomic E-state index is 16.1. The number of aromatic hydroxyl groups is 3. The van der Waals surface area contributed by atoms with E-state index in [1.807, 2.05) is 0 Å². The number of carbonyl (C=O) groups excluding carboxylic acids is 8. The van der Waals surface area contributed by atoms with Crippen LogP contribution in [-0.4, -0.2) is 148 Å². The number of hydrogen-bond acceptors (Lipinski definition) is 22. The highest BCUT2D eigenvalue weighted by Gasteiger charge is 2.51. The number of primary amides is 1. The van der Waals surface area contributed by atoms with Crippen LogP contribution in [0, 0.1) is 41.4 Å². The van der Waals surface area contributed by atoms with Gasteiger partial charge < -0.3 is 97.6 Å². The van der Waals surface area contributed by atoms with Crippen LogP contribution in [0.4, 0.5) is 0 Å². The molecule has 1 saturated heterocycles. The Bertz CT molecular complexity index is 4070. The number of fused-ring (bicyclic) bond motifs is 15. The number of phenolic OH excluding ortho intramolecular Hbond substituents is 3. The molecule has 5 aromatic rings. The van der Waals surface area contributed by atoms with Crippen LogP contribution >= 0.6 is 23.2 Å². The zero-order valence-corrected chi connectivity index (χ0v) is 55.7. The minimum Gasteiger partial charge on any atom is -0.508 e. The van der Waals surface area contributed by atoms with E-state index in [9.17, 15) is 60.3 Å². The molecule has 0 aromatic heterocycles. The van der Waals surface area contributed by atoms with Crippen LogP contribution in [0.25, 0.3) is 11.1 Å². The van der Waals surface area contributed by atoms with Crippen molar-refractivity contribution in [1.29, 1.82) is 0 Å². The van der Waals surface area contributed by atoms with Crippen LogP contribution in [-0.2, 0) is 43.1 Å². The van der Waals surface area contributed by atoms with E-state index in [0.717, 1.165) is 74.6 Å². The SMILES string of the molecule is CC(C)C[C@@H](N)C(=O)N[C@H]1C(=O)C[C@@H](CC(N)=O)C(=O)N[C@H]2C(=O)C[C@H]3C(=O)N[C@H](C(=O)N[C@H](C(=O)CC4C5CC6CC(C5)CC4C6)c4cc(O)cc(O)c4-c4cc3ccc4O)[C@H](O)c3ccc(c(Cl)c3)Oc3cc2cc(c3OC2OC(CO)C(O)C(O)C2O)Oc2ccc(cc2Cl)[C@H]1O. The van der Waals surface area contributed by atoms with E-state index in [0.29, 0.717) is 11.8 Å². The molecule has 0 radical (unpaired) electrons. The van der Waals surface area contributed by atoms with Crippen molar-refractivity contribution in [3.05, 3.63) is 117 Å². The Morgan fingerprint density at radius 2 is 1.28 bits per heavy atom. The number of benzene rings is 5. The Morgan fingerprint density at radius 3 is 1.88 bits per heavy atom. The highest BCUT2D eigenvalue weighted by atomic mass is 35.5. The van der Waals surface area contributed by atoms with Gasteiger partial charge in [-0.3, -0.25) is 38.4 Å². The van der Waals surface area contributed by atoms with Crippen molar-refractivity contribution in [2.45, 2.75) is 157 Å².